The molecule has 0 radical (unpaired) electrons. The molecule has 0 fully saturated rings. The van der Waals surface area contributed by atoms with Crippen molar-refractivity contribution >= 4 is 12.6 Å². The van der Waals surface area contributed by atoms with Crippen molar-refractivity contribution in [2.75, 3.05) is 5.75 Å². The molecule has 0 aliphatic rings. The summed E-state index contributed by atoms with van der Waals surface area (Å²) in [6.45, 7) is 0. The Labute approximate surface area is 42.7 Å². The number of allylic oxidation sites excluding steroid dienone is 1. The van der Waals surface area contributed by atoms with Crippen LogP contribution in [0.1, 0.15) is 0 Å². The van der Waals surface area contributed by atoms with Crippen molar-refractivity contribution in [3.05, 3.63) is 12.2 Å². The second kappa shape index (κ2) is 4.58. The van der Waals surface area contributed by atoms with Gasteiger partial charge in [0.25, 0.3) is 0 Å². The maximum absolute atomic E-state index is 7.83. The molecule has 0 rings (SSSR count). The lowest BCUT2D eigenvalue weighted by atomic mass is 10.6. The average Bonchev–Trinajstić information content (AvgIpc) is 1.61. The monoisotopic (exact) mass is 99.0 g/mol. The molecule has 0 atom stereocenters. The first-order chi connectivity index (χ1) is 2.91. The van der Waals surface area contributed by atoms with Crippen LogP contribution in [0.25, 0.3) is 0 Å². The van der Waals surface area contributed by atoms with E-state index in [0.29, 0.717) is 5.75 Å². The van der Waals surface area contributed by atoms with E-state index in [1.54, 1.807) is 6.08 Å². The number of rotatable bonds is 1. The molecule has 2 heteroatoms. The van der Waals surface area contributed by atoms with E-state index in [1.807, 2.05) is 6.07 Å². The second-order valence-electron chi connectivity index (χ2n) is 0.714. The van der Waals surface area contributed by atoms with Gasteiger partial charge in [0.15, 0.2) is 0 Å². The van der Waals surface area contributed by atoms with Gasteiger partial charge in [0, 0.05) is 11.8 Å². The summed E-state index contributed by atoms with van der Waals surface area (Å²) in [5, 5.41) is 7.83. The van der Waals surface area contributed by atoms with E-state index in [9.17, 15) is 0 Å². The Morgan fingerprint density at radius 1 is 1.83 bits per heavy atom. The van der Waals surface area contributed by atoms with Gasteiger partial charge in [-0.05, 0) is 0 Å². The molecule has 0 N–H and O–H groups in total. The standard InChI is InChI=1S/C4H5NS/c5-3-1-2-4-6/h1-2,6H,4H2. The first kappa shape index (κ1) is 5.58. The molecule has 0 heterocycles. The van der Waals surface area contributed by atoms with Crippen LogP contribution >= 0.6 is 12.6 Å². The van der Waals surface area contributed by atoms with Crippen LogP contribution in [-0.4, -0.2) is 5.75 Å². The number of thiol groups is 1. The van der Waals surface area contributed by atoms with Gasteiger partial charge in [0.1, 0.15) is 0 Å². The Balaban J connectivity index is 3.02. The van der Waals surface area contributed by atoms with Crippen LogP contribution in [0.4, 0.5) is 0 Å². The first-order valence-corrected chi connectivity index (χ1v) is 2.20. The highest BCUT2D eigenvalue weighted by Crippen LogP contribution is 1.72. The van der Waals surface area contributed by atoms with Crippen molar-refractivity contribution in [3.8, 4) is 6.07 Å². The van der Waals surface area contributed by atoms with Gasteiger partial charge in [-0.1, -0.05) is 6.08 Å². The van der Waals surface area contributed by atoms with Crippen LogP contribution in [0, 0.1) is 11.3 Å². The smallest absolute Gasteiger partial charge is 0.0908 e. The topological polar surface area (TPSA) is 23.8 Å². The fraction of sp³-hybridized carbons (Fsp3) is 0.250. The zero-order valence-corrected chi connectivity index (χ0v) is 4.15. The van der Waals surface area contributed by atoms with Crippen LogP contribution in [0.15, 0.2) is 12.2 Å². The highest BCUT2D eigenvalue weighted by Gasteiger charge is 1.58. The van der Waals surface area contributed by atoms with Crippen LogP contribution in [-0.2, 0) is 0 Å². The van der Waals surface area contributed by atoms with Gasteiger partial charge in [0.2, 0.25) is 0 Å². The molecule has 0 spiro atoms. The minimum atomic E-state index is 0.646. The number of nitrogens with zero attached hydrogens (tertiary/aromatic N) is 1. The predicted octanol–water partition coefficient (Wildman–Crippen LogP) is 0.996. The summed E-state index contributed by atoms with van der Waals surface area (Å²) >= 11 is 3.82. The maximum Gasteiger partial charge on any atom is 0.0908 e. The SMILES string of the molecule is N#CC=CCS. The lowest BCUT2D eigenvalue weighted by Gasteiger charge is -1.63. The molecule has 0 saturated heterocycles. The van der Waals surface area contributed by atoms with Crippen molar-refractivity contribution in [1.82, 2.24) is 0 Å². The second-order valence-corrected chi connectivity index (χ2v) is 1.08. The van der Waals surface area contributed by atoms with E-state index in [-0.39, 0.29) is 0 Å². The van der Waals surface area contributed by atoms with Gasteiger partial charge in [-0.15, -0.1) is 0 Å². The predicted molar refractivity (Wildman–Crippen MR) is 28.6 cm³/mol. The number of hydrogen-bond acceptors (Lipinski definition) is 2. The summed E-state index contributed by atoms with van der Waals surface area (Å²) in [6.07, 6.45) is 3.09. The zero-order valence-electron chi connectivity index (χ0n) is 3.26. The minimum absolute atomic E-state index is 0.646. The Bertz CT molecular complexity index is 80.0. The minimum Gasteiger partial charge on any atom is -0.193 e. The molecular weight excluding hydrogens is 94.1 g/mol. The van der Waals surface area contributed by atoms with Gasteiger partial charge in [-0.25, -0.2) is 0 Å². The van der Waals surface area contributed by atoms with E-state index in [2.05, 4.69) is 12.6 Å². The lowest BCUT2D eigenvalue weighted by molar-refractivity contribution is 1.53. The highest BCUT2D eigenvalue weighted by molar-refractivity contribution is 7.80. The molecule has 0 aliphatic heterocycles. The Morgan fingerprint density at radius 2 is 2.50 bits per heavy atom. The molecule has 0 saturated carbocycles. The van der Waals surface area contributed by atoms with E-state index in [0.717, 1.165) is 0 Å². The molecule has 0 aliphatic carbocycles. The van der Waals surface area contributed by atoms with Gasteiger partial charge in [-0.3, -0.25) is 0 Å². The Morgan fingerprint density at radius 3 is 2.67 bits per heavy atom. The van der Waals surface area contributed by atoms with E-state index in [4.69, 9.17) is 5.26 Å². The summed E-state index contributed by atoms with van der Waals surface area (Å²) in [4.78, 5) is 0. The molecule has 6 heavy (non-hydrogen) atoms. The fourth-order valence-electron chi connectivity index (χ4n) is 0.105. The molecule has 0 bridgehead atoms. The van der Waals surface area contributed by atoms with E-state index < -0.39 is 0 Å². The third-order valence-corrected chi connectivity index (χ3v) is 0.509. The lowest BCUT2D eigenvalue weighted by Crippen LogP contribution is -1.53. The van der Waals surface area contributed by atoms with Gasteiger partial charge in [0.05, 0.1) is 6.07 Å². The molecular formula is C4H5NS. The van der Waals surface area contributed by atoms with Gasteiger partial charge >= 0.3 is 0 Å². The summed E-state index contributed by atoms with van der Waals surface area (Å²) in [5.41, 5.74) is 0. The van der Waals surface area contributed by atoms with E-state index in [1.165, 1.54) is 6.08 Å². The van der Waals surface area contributed by atoms with Crippen LogP contribution < -0.4 is 0 Å². The number of hydrogen-bond donors (Lipinski definition) is 1. The molecule has 0 aromatic heterocycles. The maximum atomic E-state index is 7.83. The zero-order chi connectivity index (χ0) is 4.83. The third kappa shape index (κ3) is 3.58. The summed E-state index contributed by atoms with van der Waals surface area (Å²) in [6, 6.07) is 1.84. The van der Waals surface area contributed by atoms with Crippen molar-refractivity contribution in [3.63, 3.8) is 0 Å². The van der Waals surface area contributed by atoms with Crippen LogP contribution in [0.2, 0.25) is 0 Å². The molecule has 32 valence electrons. The van der Waals surface area contributed by atoms with Crippen LogP contribution in [0.5, 0.6) is 0 Å². The third-order valence-electron chi connectivity index (χ3n) is 0.298. The normalized spacial score (nSPS) is 8.67. The highest BCUT2D eigenvalue weighted by atomic mass is 32.1. The first-order valence-electron chi connectivity index (χ1n) is 1.57. The summed E-state index contributed by atoms with van der Waals surface area (Å²) < 4.78 is 0. The fourth-order valence-corrected chi connectivity index (χ4v) is 0.211. The molecule has 0 amide bonds. The Hall–Kier alpha value is -0.420. The van der Waals surface area contributed by atoms with Crippen molar-refractivity contribution in [1.29, 1.82) is 5.26 Å². The van der Waals surface area contributed by atoms with Crippen LogP contribution in [0.3, 0.4) is 0 Å². The number of nitriles is 1. The molecule has 0 aromatic rings. The van der Waals surface area contributed by atoms with E-state index >= 15 is 0 Å². The molecule has 0 aromatic carbocycles. The summed E-state index contributed by atoms with van der Waals surface area (Å²) in [5.74, 6) is 0.646. The molecule has 1 nitrogen and oxygen atoms in total. The van der Waals surface area contributed by atoms with Crippen molar-refractivity contribution in [2.45, 2.75) is 0 Å². The Kier molecular flexibility index (Phi) is 4.26. The van der Waals surface area contributed by atoms with Gasteiger partial charge < -0.3 is 0 Å². The van der Waals surface area contributed by atoms with Crippen molar-refractivity contribution in [2.24, 2.45) is 0 Å². The molecule has 0 unspecified atom stereocenters. The van der Waals surface area contributed by atoms with Gasteiger partial charge in [-0.2, -0.15) is 17.9 Å². The summed E-state index contributed by atoms with van der Waals surface area (Å²) in [7, 11) is 0. The quantitative estimate of drug-likeness (QED) is 0.384. The largest absolute Gasteiger partial charge is 0.193 e. The average molecular weight is 99.2 g/mol. The van der Waals surface area contributed by atoms with Crippen molar-refractivity contribution < 1.29 is 0 Å².